The van der Waals surface area contributed by atoms with E-state index in [4.69, 9.17) is 4.42 Å². The number of hydrogen-bond acceptors (Lipinski definition) is 6. The minimum atomic E-state index is -0.205. The zero-order valence-corrected chi connectivity index (χ0v) is 17.9. The zero-order valence-electron chi connectivity index (χ0n) is 17.0. The molecule has 1 N–H and O–H groups in total. The van der Waals surface area contributed by atoms with E-state index in [1.807, 2.05) is 49.4 Å². The van der Waals surface area contributed by atoms with Crippen LogP contribution in [0.5, 0.6) is 0 Å². The molecule has 1 amide bonds. The second-order valence-electron chi connectivity index (χ2n) is 7.30. The number of benzene rings is 2. The van der Waals surface area contributed by atoms with Gasteiger partial charge in [0, 0.05) is 11.1 Å². The Kier molecular flexibility index (Phi) is 5.72. The number of oxazole rings is 1. The van der Waals surface area contributed by atoms with E-state index in [1.165, 1.54) is 16.9 Å². The maximum absolute atomic E-state index is 12.5. The van der Waals surface area contributed by atoms with Gasteiger partial charge in [0.15, 0.2) is 0 Å². The summed E-state index contributed by atoms with van der Waals surface area (Å²) >= 11 is 1.35. The van der Waals surface area contributed by atoms with Gasteiger partial charge in [0.25, 0.3) is 0 Å². The topological polar surface area (TPSA) is 80.9 Å². The fourth-order valence-electron chi connectivity index (χ4n) is 3.01. The summed E-state index contributed by atoms with van der Waals surface area (Å²) in [5.41, 5.74) is 3.75. The minimum Gasteiger partial charge on any atom is -0.441 e. The van der Waals surface area contributed by atoms with Crippen molar-refractivity contribution in [3.63, 3.8) is 0 Å². The quantitative estimate of drug-likeness (QED) is 0.449. The molecule has 0 saturated carbocycles. The summed E-state index contributed by atoms with van der Waals surface area (Å²) in [7, 11) is 0. The molecular formula is C23H22N4O2S. The van der Waals surface area contributed by atoms with E-state index >= 15 is 0 Å². The average Bonchev–Trinajstić information content (AvgIpc) is 3.35. The summed E-state index contributed by atoms with van der Waals surface area (Å²) in [6.45, 7) is 6.13. The van der Waals surface area contributed by atoms with E-state index in [-0.39, 0.29) is 12.3 Å². The second kappa shape index (κ2) is 8.59. The maximum Gasteiger partial charge on any atom is 0.232 e. The standard InChI is InChI=1S/C23H22N4O2S/c1-14(2)16-9-11-18(12-10-16)22-26-27-23(30-22)25-20(28)13-19-15(3)29-21(24-19)17-7-5-4-6-8-17/h4-12,14H,13H2,1-3H3,(H,25,27,28). The van der Waals surface area contributed by atoms with Crippen LogP contribution in [0.4, 0.5) is 5.13 Å². The van der Waals surface area contributed by atoms with E-state index in [1.54, 1.807) is 0 Å². The van der Waals surface area contributed by atoms with Crippen LogP contribution < -0.4 is 5.32 Å². The summed E-state index contributed by atoms with van der Waals surface area (Å²) in [5, 5.41) is 12.3. The number of aromatic nitrogens is 3. The Labute approximate surface area is 179 Å². The van der Waals surface area contributed by atoms with Crippen molar-refractivity contribution < 1.29 is 9.21 Å². The molecule has 0 spiro atoms. The fourth-order valence-corrected chi connectivity index (χ4v) is 3.78. The Balaban J connectivity index is 1.42. The molecule has 4 rings (SSSR count). The fraction of sp³-hybridized carbons (Fsp3) is 0.217. The molecule has 6 nitrogen and oxygen atoms in total. The number of anilines is 1. The van der Waals surface area contributed by atoms with Gasteiger partial charge in [0.1, 0.15) is 10.8 Å². The zero-order chi connectivity index (χ0) is 21.1. The maximum atomic E-state index is 12.5. The van der Waals surface area contributed by atoms with Gasteiger partial charge in [-0.1, -0.05) is 67.6 Å². The van der Waals surface area contributed by atoms with E-state index in [9.17, 15) is 4.79 Å². The first-order chi connectivity index (χ1) is 14.5. The molecular weight excluding hydrogens is 396 g/mol. The highest BCUT2D eigenvalue weighted by Crippen LogP contribution is 2.28. The summed E-state index contributed by atoms with van der Waals surface area (Å²) in [5.74, 6) is 1.42. The van der Waals surface area contributed by atoms with Crippen molar-refractivity contribution in [1.29, 1.82) is 0 Å². The SMILES string of the molecule is Cc1oc(-c2ccccc2)nc1CC(=O)Nc1nnc(-c2ccc(C(C)C)cc2)s1. The highest BCUT2D eigenvalue weighted by Gasteiger charge is 2.16. The molecule has 30 heavy (non-hydrogen) atoms. The lowest BCUT2D eigenvalue weighted by Gasteiger charge is -2.04. The van der Waals surface area contributed by atoms with Gasteiger partial charge in [0.05, 0.1) is 12.1 Å². The number of nitrogens with one attached hydrogen (secondary N) is 1. The Morgan fingerprint density at radius 1 is 1.03 bits per heavy atom. The summed E-state index contributed by atoms with van der Waals surface area (Å²) < 4.78 is 5.72. The van der Waals surface area contributed by atoms with Crippen LogP contribution in [0.2, 0.25) is 0 Å². The molecule has 0 unspecified atom stereocenters. The Morgan fingerprint density at radius 3 is 2.47 bits per heavy atom. The molecule has 7 heteroatoms. The third-order valence-electron chi connectivity index (χ3n) is 4.74. The smallest absolute Gasteiger partial charge is 0.232 e. The lowest BCUT2D eigenvalue weighted by Crippen LogP contribution is -2.15. The van der Waals surface area contributed by atoms with Crippen molar-refractivity contribution in [2.45, 2.75) is 33.1 Å². The first-order valence-corrected chi connectivity index (χ1v) is 10.6. The lowest BCUT2D eigenvalue weighted by atomic mass is 10.0. The number of carbonyl (C=O) groups excluding carboxylic acids is 1. The summed E-state index contributed by atoms with van der Waals surface area (Å²) in [6, 6.07) is 17.9. The third kappa shape index (κ3) is 4.46. The van der Waals surface area contributed by atoms with Crippen LogP contribution in [0.25, 0.3) is 22.0 Å². The molecule has 0 aliphatic heterocycles. The van der Waals surface area contributed by atoms with Crippen molar-refractivity contribution in [3.8, 4) is 22.0 Å². The predicted octanol–water partition coefficient (Wildman–Crippen LogP) is 5.47. The Morgan fingerprint density at radius 2 is 1.77 bits per heavy atom. The largest absolute Gasteiger partial charge is 0.441 e. The van der Waals surface area contributed by atoms with Crippen LogP contribution >= 0.6 is 11.3 Å². The summed E-state index contributed by atoms with van der Waals surface area (Å²) in [4.78, 5) is 17.0. The highest BCUT2D eigenvalue weighted by molar-refractivity contribution is 7.18. The van der Waals surface area contributed by atoms with Crippen LogP contribution in [0.3, 0.4) is 0 Å². The first-order valence-electron chi connectivity index (χ1n) is 9.75. The number of hydrogen-bond donors (Lipinski definition) is 1. The van der Waals surface area contributed by atoms with Crippen LogP contribution in [0.15, 0.2) is 59.0 Å². The Hall–Kier alpha value is -3.32. The molecule has 4 aromatic rings. The summed E-state index contributed by atoms with van der Waals surface area (Å²) in [6.07, 6.45) is 0.111. The van der Waals surface area contributed by atoms with Gasteiger partial charge in [-0.05, 0) is 30.5 Å². The first kappa shape index (κ1) is 20.0. The van der Waals surface area contributed by atoms with Crippen molar-refractivity contribution >= 4 is 22.4 Å². The van der Waals surface area contributed by atoms with Gasteiger partial charge in [-0.2, -0.15) is 0 Å². The number of amides is 1. The molecule has 2 heterocycles. The number of rotatable bonds is 6. The molecule has 2 aromatic heterocycles. The minimum absolute atomic E-state index is 0.111. The molecule has 2 aromatic carbocycles. The van der Waals surface area contributed by atoms with Gasteiger partial charge >= 0.3 is 0 Å². The number of aryl methyl sites for hydroxylation is 1. The highest BCUT2D eigenvalue weighted by atomic mass is 32.1. The van der Waals surface area contributed by atoms with Crippen LogP contribution in [0.1, 0.15) is 36.8 Å². The molecule has 0 bridgehead atoms. The normalized spacial score (nSPS) is 11.1. The van der Waals surface area contributed by atoms with Gasteiger partial charge in [-0.3, -0.25) is 4.79 Å². The van der Waals surface area contributed by atoms with Crippen LogP contribution in [0, 0.1) is 6.92 Å². The van der Waals surface area contributed by atoms with Crippen molar-refractivity contribution in [3.05, 3.63) is 71.6 Å². The molecule has 0 aliphatic carbocycles. The monoisotopic (exact) mass is 418 g/mol. The predicted molar refractivity (Wildman–Crippen MR) is 118 cm³/mol. The Bertz CT molecular complexity index is 1150. The molecule has 0 fully saturated rings. The average molecular weight is 419 g/mol. The third-order valence-corrected chi connectivity index (χ3v) is 5.62. The van der Waals surface area contributed by atoms with Gasteiger partial charge in [0.2, 0.25) is 16.9 Å². The molecule has 0 saturated heterocycles. The number of nitrogens with zero attached hydrogens (tertiary/aromatic N) is 3. The molecule has 152 valence electrons. The van der Waals surface area contributed by atoms with E-state index in [0.29, 0.717) is 28.4 Å². The van der Waals surface area contributed by atoms with Crippen molar-refractivity contribution in [2.75, 3.05) is 5.32 Å². The van der Waals surface area contributed by atoms with Gasteiger partial charge < -0.3 is 9.73 Å². The second-order valence-corrected chi connectivity index (χ2v) is 8.28. The lowest BCUT2D eigenvalue weighted by molar-refractivity contribution is -0.115. The van der Waals surface area contributed by atoms with E-state index in [2.05, 4.69) is 46.5 Å². The van der Waals surface area contributed by atoms with E-state index in [0.717, 1.165) is 16.1 Å². The number of carbonyl (C=O) groups is 1. The molecule has 0 radical (unpaired) electrons. The van der Waals surface area contributed by atoms with Crippen LogP contribution in [-0.4, -0.2) is 21.1 Å². The van der Waals surface area contributed by atoms with Crippen molar-refractivity contribution in [2.24, 2.45) is 0 Å². The van der Waals surface area contributed by atoms with Crippen LogP contribution in [-0.2, 0) is 11.2 Å². The van der Waals surface area contributed by atoms with Gasteiger partial charge in [-0.25, -0.2) is 4.98 Å². The van der Waals surface area contributed by atoms with E-state index < -0.39 is 0 Å². The molecule has 0 atom stereocenters. The van der Waals surface area contributed by atoms with Crippen molar-refractivity contribution in [1.82, 2.24) is 15.2 Å². The van der Waals surface area contributed by atoms with Gasteiger partial charge in [-0.15, -0.1) is 10.2 Å². The molecule has 0 aliphatic rings.